The number of thiazole rings is 1. The molecule has 30 heavy (non-hydrogen) atoms. The molecule has 3 aromatic rings. The molecule has 0 aliphatic rings. The van der Waals surface area contributed by atoms with E-state index in [-0.39, 0.29) is 11.8 Å². The van der Waals surface area contributed by atoms with Gasteiger partial charge in [0.25, 0.3) is 5.91 Å². The third kappa shape index (κ3) is 6.59. The van der Waals surface area contributed by atoms with Crippen LogP contribution in [0.1, 0.15) is 33.9 Å². The molecule has 156 valence electrons. The van der Waals surface area contributed by atoms with Gasteiger partial charge in [-0.1, -0.05) is 30.3 Å². The number of nitrogens with zero attached hydrogens (tertiary/aromatic N) is 1. The van der Waals surface area contributed by atoms with Crippen LogP contribution in [-0.2, 0) is 11.3 Å². The fourth-order valence-corrected chi connectivity index (χ4v) is 3.52. The van der Waals surface area contributed by atoms with Crippen LogP contribution in [0.3, 0.4) is 0 Å². The lowest BCUT2D eigenvalue weighted by Gasteiger charge is -2.08. The van der Waals surface area contributed by atoms with Crippen molar-refractivity contribution in [2.75, 3.05) is 22.9 Å². The second-order valence-corrected chi connectivity index (χ2v) is 7.81. The van der Waals surface area contributed by atoms with Crippen LogP contribution in [0.15, 0.2) is 60.8 Å². The zero-order valence-electron chi connectivity index (χ0n) is 16.6. The molecule has 0 fully saturated rings. The van der Waals surface area contributed by atoms with E-state index in [1.54, 1.807) is 18.3 Å². The van der Waals surface area contributed by atoms with E-state index < -0.39 is 0 Å². The molecule has 0 saturated carbocycles. The first-order chi connectivity index (χ1) is 14.6. The molecule has 0 spiro atoms. The lowest BCUT2D eigenvalue weighted by Crippen LogP contribution is -2.24. The van der Waals surface area contributed by atoms with Crippen molar-refractivity contribution in [2.24, 2.45) is 0 Å². The normalized spacial score (nSPS) is 10.4. The number of hydrogen-bond donors (Lipinski definition) is 4. The Morgan fingerprint density at radius 3 is 2.57 bits per heavy atom. The number of carbonyl (C=O) groups is 2. The average molecular weight is 424 g/mol. The number of aromatic nitrogens is 1. The maximum absolute atomic E-state index is 12.2. The maximum atomic E-state index is 12.2. The molecule has 1 heterocycles. The lowest BCUT2D eigenvalue weighted by molar-refractivity contribution is -0.116. The predicted molar refractivity (Wildman–Crippen MR) is 122 cm³/mol. The van der Waals surface area contributed by atoms with Crippen LogP contribution >= 0.6 is 11.3 Å². The molecule has 3 rings (SSSR count). The van der Waals surface area contributed by atoms with E-state index in [1.165, 1.54) is 11.3 Å². The molecule has 8 heteroatoms. The minimum atomic E-state index is -0.188. The number of carbonyl (C=O) groups excluding carboxylic acids is 2. The summed E-state index contributed by atoms with van der Waals surface area (Å²) in [7, 11) is 0. The summed E-state index contributed by atoms with van der Waals surface area (Å²) in [5.74, 6) is -0.276. The maximum Gasteiger partial charge on any atom is 0.280 e. The zero-order valence-corrected chi connectivity index (χ0v) is 17.4. The molecule has 2 amide bonds. The third-order valence-electron chi connectivity index (χ3n) is 4.34. The quantitative estimate of drug-likeness (QED) is 0.292. The van der Waals surface area contributed by atoms with E-state index in [4.69, 9.17) is 5.73 Å². The second-order valence-electron chi connectivity index (χ2n) is 6.70. The van der Waals surface area contributed by atoms with Crippen LogP contribution in [-0.4, -0.2) is 23.3 Å². The van der Waals surface area contributed by atoms with Gasteiger partial charge >= 0.3 is 0 Å². The van der Waals surface area contributed by atoms with Crippen molar-refractivity contribution in [3.63, 3.8) is 0 Å². The number of para-hydroxylation sites is 3. The lowest BCUT2D eigenvalue weighted by atomic mass is 10.2. The van der Waals surface area contributed by atoms with E-state index >= 15 is 0 Å². The first kappa shape index (κ1) is 21.3. The number of unbranched alkanes of at least 4 members (excludes halogenated alkanes) is 1. The van der Waals surface area contributed by atoms with E-state index in [0.29, 0.717) is 48.7 Å². The fraction of sp³-hybridized carbons (Fsp3) is 0.227. The Labute approximate surface area is 179 Å². The number of benzene rings is 2. The summed E-state index contributed by atoms with van der Waals surface area (Å²) in [6, 6.07) is 17.0. The Balaban J connectivity index is 1.32. The smallest absolute Gasteiger partial charge is 0.280 e. The van der Waals surface area contributed by atoms with Gasteiger partial charge in [-0.05, 0) is 37.1 Å². The van der Waals surface area contributed by atoms with Gasteiger partial charge in [0.2, 0.25) is 5.91 Å². The van der Waals surface area contributed by atoms with Gasteiger partial charge in [-0.15, -0.1) is 11.3 Å². The summed E-state index contributed by atoms with van der Waals surface area (Å²) in [6.45, 7) is 1.12. The molecule has 7 nitrogen and oxygen atoms in total. The topological polar surface area (TPSA) is 109 Å². The number of nitrogens with two attached hydrogens (primary N) is 1. The van der Waals surface area contributed by atoms with Crippen LogP contribution in [0, 0.1) is 0 Å². The van der Waals surface area contributed by atoms with Crippen molar-refractivity contribution in [3.8, 4) is 0 Å². The average Bonchev–Trinajstić information content (AvgIpc) is 3.23. The van der Waals surface area contributed by atoms with E-state index in [2.05, 4.69) is 20.9 Å². The Kier molecular flexibility index (Phi) is 7.79. The van der Waals surface area contributed by atoms with Gasteiger partial charge in [-0.25, -0.2) is 4.98 Å². The molecule has 0 aliphatic carbocycles. The molecule has 1 aromatic heterocycles. The van der Waals surface area contributed by atoms with Gasteiger partial charge in [0.05, 0.1) is 17.9 Å². The van der Waals surface area contributed by atoms with Crippen molar-refractivity contribution in [2.45, 2.75) is 25.8 Å². The van der Waals surface area contributed by atoms with Crippen LogP contribution in [0.5, 0.6) is 0 Å². The van der Waals surface area contributed by atoms with Crippen molar-refractivity contribution >= 4 is 40.2 Å². The molecule has 0 aliphatic heterocycles. The first-order valence-corrected chi connectivity index (χ1v) is 10.6. The zero-order chi connectivity index (χ0) is 21.2. The Bertz CT molecular complexity index is 974. The number of nitrogens with one attached hydrogen (secondary N) is 3. The van der Waals surface area contributed by atoms with Gasteiger partial charge < -0.3 is 21.7 Å². The predicted octanol–water partition coefficient (Wildman–Crippen LogP) is 3.88. The molecule has 2 aromatic carbocycles. The van der Waals surface area contributed by atoms with Crippen molar-refractivity contribution in [1.29, 1.82) is 0 Å². The van der Waals surface area contributed by atoms with Crippen LogP contribution in [0.25, 0.3) is 0 Å². The summed E-state index contributed by atoms with van der Waals surface area (Å²) in [5, 5.41) is 9.39. The van der Waals surface area contributed by atoms with Gasteiger partial charge in [-0.2, -0.15) is 0 Å². The van der Waals surface area contributed by atoms with Gasteiger partial charge in [0, 0.05) is 29.7 Å². The highest BCUT2D eigenvalue weighted by atomic mass is 32.1. The number of anilines is 3. The monoisotopic (exact) mass is 423 g/mol. The Hall–Kier alpha value is -3.39. The number of amides is 2. The minimum absolute atomic E-state index is 0.0882. The molecule has 0 radical (unpaired) electrons. The van der Waals surface area contributed by atoms with Gasteiger partial charge in [0.15, 0.2) is 5.01 Å². The second kappa shape index (κ2) is 11.0. The molecule has 0 bridgehead atoms. The molecule has 0 unspecified atom stereocenters. The van der Waals surface area contributed by atoms with Crippen molar-refractivity contribution in [3.05, 3.63) is 70.7 Å². The van der Waals surface area contributed by atoms with Crippen LogP contribution < -0.4 is 21.7 Å². The van der Waals surface area contributed by atoms with Gasteiger partial charge in [-0.3, -0.25) is 9.59 Å². The summed E-state index contributed by atoms with van der Waals surface area (Å²) >= 11 is 1.37. The third-order valence-corrected chi connectivity index (χ3v) is 5.34. The van der Waals surface area contributed by atoms with Crippen LogP contribution in [0.4, 0.5) is 17.1 Å². The highest BCUT2D eigenvalue weighted by Crippen LogP contribution is 2.17. The Morgan fingerprint density at radius 2 is 1.77 bits per heavy atom. The van der Waals surface area contributed by atoms with Crippen LogP contribution in [0.2, 0.25) is 0 Å². The van der Waals surface area contributed by atoms with E-state index in [0.717, 1.165) is 10.6 Å². The fourth-order valence-electron chi connectivity index (χ4n) is 2.75. The Morgan fingerprint density at radius 1 is 1.00 bits per heavy atom. The molecular formula is C22H25N5O2S. The number of nitrogen functional groups attached to an aromatic ring is 1. The summed E-state index contributed by atoms with van der Waals surface area (Å²) in [5.41, 5.74) is 8.00. The summed E-state index contributed by atoms with van der Waals surface area (Å²) in [6.07, 6.45) is 3.46. The van der Waals surface area contributed by atoms with Crippen molar-refractivity contribution < 1.29 is 9.59 Å². The molecule has 5 N–H and O–H groups in total. The standard InChI is InChI=1S/C22H25N5O2S/c23-18-10-4-5-11-19(18)27-20(28)12-6-7-13-24-21(29)22-26-15-17(30-22)14-25-16-8-2-1-3-9-16/h1-5,8-11,15,25H,6-7,12-14,23H2,(H,24,29)(H,27,28). The molecule has 0 saturated heterocycles. The first-order valence-electron chi connectivity index (χ1n) is 9.78. The minimum Gasteiger partial charge on any atom is -0.397 e. The number of hydrogen-bond acceptors (Lipinski definition) is 6. The number of rotatable bonds is 10. The summed E-state index contributed by atoms with van der Waals surface area (Å²) < 4.78 is 0. The highest BCUT2D eigenvalue weighted by molar-refractivity contribution is 7.13. The molecular weight excluding hydrogens is 398 g/mol. The summed E-state index contributed by atoms with van der Waals surface area (Å²) in [4.78, 5) is 29.4. The SMILES string of the molecule is Nc1ccccc1NC(=O)CCCCNC(=O)c1ncc(CNc2ccccc2)s1. The van der Waals surface area contributed by atoms with E-state index in [9.17, 15) is 9.59 Å². The highest BCUT2D eigenvalue weighted by Gasteiger charge is 2.11. The largest absolute Gasteiger partial charge is 0.397 e. The molecule has 0 atom stereocenters. The van der Waals surface area contributed by atoms with E-state index in [1.807, 2.05) is 42.5 Å². The van der Waals surface area contributed by atoms with Crippen molar-refractivity contribution in [1.82, 2.24) is 10.3 Å². The van der Waals surface area contributed by atoms with Gasteiger partial charge in [0.1, 0.15) is 0 Å².